The van der Waals surface area contributed by atoms with E-state index in [0.29, 0.717) is 34.9 Å². The Hall–Kier alpha value is -3.85. The summed E-state index contributed by atoms with van der Waals surface area (Å²) in [4.78, 5) is 19.8. The molecule has 1 fully saturated rings. The molecule has 1 aliphatic rings. The van der Waals surface area contributed by atoms with Crippen molar-refractivity contribution in [3.8, 4) is 17.0 Å². The Labute approximate surface area is 219 Å². The maximum atomic E-state index is 12.8. The van der Waals surface area contributed by atoms with Gasteiger partial charge in [0.25, 0.3) is 5.91 Å². The highest BCUT2D eigenvalue weighted by molar-refractivity contribution is 5.95. The molecule has 3 heterocycles. The highest BCUT2D eigenvalue weighted by Gasteiger charge is 2.31. The molecule has 0 unspecified atom stereocenters. The van der Waals surface area contributed by atoms with Crippen molar-refractivity contribution in [2.75, 3.05) is 19.6 Å². The molecule has 4 aromatic rings. The molecule has 0 spiro atoms. The number of aromatic nitrogens is 2. The van der Waals surface area contributed by atoms with E-state index < -0.39 is 6.36 Å². The van der Waals surface area contributed by atoms with E-state index in [9.17, 15) is 18.0 Å². The number of imidazole rings is 1. The van der Waals surface area contributed by atoms with Crippen LogP contribution in [0.15, 0.2) is 79.1 Å². The van der Waals surface area contributed by atoms with Gasteiger partial charge in [0.2, 0.25) is 0 Å². The molecule has 2 aromatic heterocycles. The van der Waals surface area contributed by atoms with Gasteiger partial charge in [-0.15, -0.1) is 13.2 Å². The van der Waals surface area contributed by atoms with Crippen molar-refractivity contribution in [1.29, 1.82) is 0 Å². The molecular formula is C29H29F3N4O2. The highest BCUT2D eigenvalue weighted by atomic mass is 19.4. The van der Waals surface area contributed by atoms with Gasteiger partial charge in [0.15, 0.2) is 0 Å². The first-order valence-electron chi connectivity index (χ1n) is 12.7. The molecule has 1 saturated heterocycles. The van der Waals surface area contributed by atoms with Gasteiger partial charge in [0, 0.05) is 36.6 Å². The molecule has 2 aromatic carbocycles. The van der Waals surface area contributed by atoms with Crippen LogP contribution in [0, 0.1) is 5.92 Å². The summed E-state index contributed by atoms with van der Waals surface area (Å²) in [6, 6.07) is 19.5. The topological polar surface area (TPSA) is 58.9 Å². The molecular weight excluding hydrogens is 493 g/mol. The van der Waals surface area contributed by atoms with Crippen molar-refractivity contribution in [2.45, 2.75) is 32.2 Å². The van der Waals surface area contributed by atoms with Gasteiger partial charge in [-0.25, -0.2) is 4.98 Å². The third-order valence-corrected chi connectivity index (χ3v) is 6.90. The van der Waals surface area contributed by atoms with E-state index in [2.05, 4.69) is 44.2 Å². The maximum absolute atomic E-state index is 12.8. The van der Waals surface area contributed by atoms with Crippen molar-refractivity contribution in [1.82, 2.24) is 19.6 Å². The van der Waals surface area contributed by atoms with E-state index in [1.165, 1.54) is 29.8 Å². The first-order chi connectivity index (χ1) is 18.3. The van der Waals surface area contributed by atoms with Gasteiger partial charge in [-0.1, -0.05) is 30.3 Å². The van der Waals surface area contributed by atoms with Crippen LogP contribution < -0.4 is 10.1 Å². The molecule has 6 nitrogen and oxygen atoms in total. The summed E-state index contributed by atoms with van der Waals surface area (Å²) < 4.78 is 42.9. The molecule has 1 N–H and O–H groups in total. The molecule has 1 amide bonds. The van der Waals surface area contributed by atoms with Crippen molar-refractivity contribution in [3.05, 3.63) is 90.3 Å². The van der Waals surface area contributed by atoms with Crippen LogP contribution in [0.5, 0.6) is 5.75 Å². The molecule has 9 heteroatoms. The van der Waals surface area contributed by atoms with Gasteiger partial charge < -0.3 is 14.5 Å². The number of rotatable bonds is 8. The van der Waals surface area contributed by atoms with Crippen LogP contribution in [0.25, 0.3) is 16.9 Å². The number of piperidine rings is 1. The first kappa shape index (κ1) is 25.8. The number of likely N-dealkylation sites (tertiary alicyclic amines) is 1. The molecule has 0 saturated carbocycles. The number of ether oxygens (including phenoxy) is 1. The molecule has 198 valence electrons. The summed E-state index contributed by atoms with van der Waals surface area (Å²) in [6.45, 7) is 3.76. The first-order valence-corrected chi connectivity index (χ1v) is 12.7. The van der Waals surface area contributed by atoms with E-state index in [4.69, 9.17) is 0 Å². The van der Waals surface area contributed by atoms with Crippen LogP contribution in [0.2, 0.25) is 0 Å². The summed E-state index contributed by atoms with van der Waals surface area (Å²) in [5, 5.41) is 3.03. The minimum atomic E-state index is -4.73. The SMILES string of the molecule is O=C(NCCC1CCN(Cc2ccccc2)CC1)c1ccn2cc(-c3ccc(OC(F)(F)F)cc3)nc2c1. The zero-order valence-electron chi connectivity index (χ0n) is 20.8. The number of fused-ring (bicyclic) bond motifs is 1. The van der Waals surface area contributed by atoms with Crippen LogP contribution in [-0.2, 0) is 6.54 Å². The number of benzene rings is 2. The summed E-state index contributed by atoms with van der Waals surface area (Å²) >= 11 is 0. The number of carbonyl (C=O) groups excluding carboxylic acids is 1. The Morgan fingerprint density at radius 3 is 2.47 bits per heavy atom. The number of halogens is 3. The van der Waals surface area contributed by atoms with Crippen LogP contribution in [0.1, 0.15) is 35.2 Å². The monoisotopic (exact) mass is 522 g/mol. The Morgan fingerprint density at radius 1 is 1.03 bits per heavy atom. The fourth-order valence-electron chi connectivity index (χ4n) is 4.86. The molecule has 38 heavy (non-hydrogen) atoms. The zero-order chi connectivity index (χ0) is 26.5. The van der Waals surface area contributed by atoms with Crippen LogP contribution >= 0.6 is 0 Å². The average Bonchev–Trinajstić information content (AvgIpc) is 3.33. The quantitative estimate of drug-likeness (QED) is 0.312. The summed E-state index contributed by atoms with van der Waals surface area (Å²) in [7, 11) is 0. The second-order valence-electron chi connectivity index (χ2n) is 9.63. The Morgan fingerprint density at radius 2 is 1.76 bits per heavy atom. The minimum Gasteiger partial charge on any atom is -0.406 e. The fourth-order valence-corrected chi connectivity index (χ4v) is 4.86. The summed E-state index contributed by atoms with van der Waals surface area (Å²) in [6.07, 6.45) is 2.01. The lowest BCUT2D eigenvalue weighted by Crippen LogP contribution is -2.34. The van der Waals surface area contributed by atoms with E-state index >= 15 is 0 Å². The van der Waals surface area contributed by atoms with Crippen molar-refractivity contribution in [2.24, 2.45) is 5.92 Å². The van der Waals surface area contributed by atoms with Crippen LogP contribution in [-0.4, -0.2) is 46.2 Å². The van der Waals surface area contributed by atoms with E-state index in [1.807, 2.05) is 6.07 Å². The predicted molar refractivity (Wildman–Crippen MR) is 139 cm³/mol. The van der Waals surface area contributed by atoms with Gasteiger partial charge >= 0.3 is 6.36 Å². The van der Waals surface area contributed by atoms with E-state index in [-0.39, 0.29) is 11.7 Å². The molecule has 5 rings (SSSR count). The number of hydrogen-bond donors (Lipinski definition) is 1. The largest absolute Gasteiger partial charge is 0.573 e. The Balaban J connectivity index is 1.11. The van der Waals surface area contributed by atoms with Crippen molar-refractivity contribution in [3.63, 3.8) is 0 Å². The lowest BCUT2D eigenvalue weighted by molar-refractivity contribution is -0.274. The lowest BCUT2D eigenvalue weighted by Gasteiger charge is -2.32. The van der Waals surface area contributed by atoms with Gasteiger partial charge in [-0.05, 0) is 80.2 Å². The number of nitrogens with zero attached hydrogens (tertiary/aromatic N) is 3. The van der Waals surface area contributed by atoms with E-state index in [0.717, 1.165) is 38.9 Å². The Bertz CT molecular complexity index is 1360. The number of pyridine rings is 1. The minimum absolute atomic E-state index is 0.146. The number of amides is 1. The predicted octanol–water partition coefficient (Wildman–Crippen LogP) is 5.93. The maximum Gasteiger partial charge on any atom is 0.573 e. The average molecular weight is 523 g/mol. The standard InChI is InChI=1S/C29H29F3N4O2/c30-29(31,32)38-25-8-6-23(7-9-25)26-20-36-17-13-24(18-27(36)34-26)28(37)33-14-10-21-11-15-35(16-12-21)19-22-4-2-1-3-5-22/h1-9,13,17-18,20-21H,10-12,14-16,19H2,(H,33,37). The third kappa shape index (κ3) is 6.72. The molecule has 0 aliphatic carbocycles. The van der Waals surface area contributed by atoms with Crippen LogP contribution in [0.4, 0.5) is 13.2 Å². The van der Waals surface area contributed by atoms with Crippen molar-refractivity contribution < 1.29 is 22.7 Å². The van der Waals surface area contributed by atoms with Crippen LogP contribution in [0.3, 0.4) is 0 Å². The molecule has 1 aliphatic heterocycles. The number of alkyl halides is 3. The normalized spacial score (nSPS) is 15.0. The number of hydrogen-bond acceptors (Lipinski definition) is 4. The number of carbonyl (C=O) groups is 1. The summed E-state index contributed by atoms with van der Waals surface area (Å²) in [5.74, 6) is 0.168. The second kappa shape index (κ2) is 11.3. The summed E-state index contributed by atoms with van der Waals surface area (Å²) in [5.41, 5.74) is 3.66. The molecule has 0 atom stereocenters. The fraction of sp³-hybridized carbons (Fsp3) is 0.310. The molecule has 0 bridgehead atoms. The van der Waals surface area contributed by atoms with Crippen molar-refractivity contribution >= 4 is 11.6 Å². The number of nitrogens with one attached hydrogen (secondary N) is 1. The van der Waals surface area contributed by atoms with Gasteiger partial charge in [0.05, 0.1) is 5.69 Å². The lowest BCUT2D eigenvalue weighted by atomic mass is 9.93. The smallest absolute Gasteiger partial charge is 0.406 e. The van der Waals surface area contributed by atoms with Gasteiger partial charge in [-0.2, -0.15) is 0 Å². The third-order valence-electron chi connectivity index (χ3n) is 6.90. The van der Waals surface area contributed by atoms with Gasteiger partial charge in [0.1, 0.15) is 11.4 Å². The molecule has 0 radical (unpaired) electrons. The van der Waals surface area contributed by atoms with Gasteiger partial charge in [-0.3, -0.25) is 9.69 Å². The highest BCUT2D eigenvalue weighted by Crippen LogP contribution is 2.27. The van der Waals surface area contributed by atoms with E-state index in [1.54, 1.807) is 28.9 Å². The zero-order valence-corrected chi connectivity index (χ0v) is 20.8. The Kier molecular flexibility index (Phi) is 7.64. The second-order valence-corrected chi connectivity index (χ2v) is 9.63.